The van der Waals surface area contributed by atoms with Crippen molar-refractivity contribution in [3.8, 4) is 11.8 Å². The Bertz CT molecular complexity index is 419. The quantitative estimate of drug-likeness (QED) is 0.822. The lowest BCUT2D eigenvalue weighted by atomic mass is 10.3. The highest BCUT2D eigenvalue weighted by Crippen LogP contribution is 2.21. The van der Waals surface area contributed by atoms with Crippen molar-refractivity contribution in [2.24, 2.45) is 0 Å². The SMILES string of the molecule is Brc1cccc(Oc2ncccn2)c1. The summed E-state index contributed by atoms with van der Waals surface area (Å²) in [6.07, 6.45) is 3.28. The second-order valence-corrected chi connectivity index (χ2v) is 3.51. The molecule has 0 unspecified atom stereocenters. The van der Waals surface area contributed by atoms with E-state index in [1.807, 2.05) is 24.3 Å². The number of ether oxygens (including phenoxy) is 1. The first kappa shape index (κ1) is 9.15. The molecular weight excluding hydrogens is 244 g/mol. The largest absolute Gasteiger partial charge is 0.424 e. The molecule has 0 spiro atoms. The summed E-state index contributed by atoms with van der Waals surface area (Å²) in [6, 6.07) is 9.62. The molecule has 0 aliphatic carbocycles. The number of hydrogen-bond donors (Lipinski definition) is 0. The predicted molar refractivity (Wildman–Crippen MR) is 56.2 cm³/mol. The number of aromatic nitrogens is 2. The van der Waals surface area contributed by atoms with Gasteiger partial charge in [-0.25, -0.2) is 9.97 Å². The fourth-order valence-corrected chi connectivity index (χ4v) is 1.35. The monoisotopic (exact) mass is 250 g/mol. The maximum Gasteiger partial charge on any atom is 0.321 e. The van der Waals surface area contributed by atoms with Gasteiger partial charge in [0.2, 0.25) is 0 Å². The topological polar surface area (TPSA) is 35.0 Å². The van der Waals surface area contributed by atoms with E-state index in [1.165, 1.54) is 0 Å². The molecule has 1 heterocycles. The Morgan fingerprint density at radius 2 is 1.86 bits per heavy atom. The Labute approximate surface area is 89.9 Å². The third kappa shape index (κ3) is 2.29. The summed E-state index contributed by atoms with van der Waals surface area (Å²) in [6.45, 7) is 0. The lowest BCUT2D eigenvalue weighted by molar-refractivity contribution is 0.441. The smallest absolute Gasteiger partial charge is 0.321 e. The Balaban J connectivity index is 2.19. The van der Waals surface area contributed by atoms with Gasteiger partial charge in [0.25, 0.3) is 0 Å². The van der Waals surface area contributed by atoms with Gasteiger partial charge in [0.1, 0.15) is 5.75 Å². The molecule has 0 atom stereocenters. The summed E-state index contributed by atoms with van der Waals surface area (Å²) in [5, 5.41) is 0. The molecule has 0 fully saturated rings. The third-order valence-electron chi connectivity index (χ3n) is 1.55. The van der Waals surface area contributed by atoms with Crippen molar-refractivity contribution in [3.63, 3.8) is 0 Å². The Hall–Kier alpha value is -1.42. The fraction of sp³-hybridized carbons (Fsp3) is 0. The number of rotatable bonds is 2. The van der Waals surface area contributed by atoms with Crippen LogP contribution < -0.4 is 4.74 Å². The lowest BCUT2D eigenvalue weighted by Gasteiger charge is -2.02. The minimum absolute atomic E-state index is 0.352. The van der Waals surface area contributed by atoms with Gasteiger partial charge in [-0.1, -0.05) is 22.0 Å². The van der Waals surface area contributed by atoms with E-state index in [0.717, 1.165) is 4.47 Å². The van der Waals surface area contributed by atoms with Crippen molar-refractivity contribution in [2.75, 3.05) is 0 Å². The minimum Gasteiger partial charge on any atom is -0.424 e. The molecule has 14 heavy (non-hydrogen) atoms. The average molecular weight is 251 g/mol. The normalized spacial score (nSPS) is 9.79. The van der Waals surface area contributed by atoms with Gasteiger partial charge in [-0.05, 0) is 24.3 Å². The van der Waals surface area contributed by atoms with Crippen molar-refractivity contribution in [1.82, 2.24) is 9.97 Å². The van der Waals surface area contributed by atoms with Crippen molar-refractivity contribution < 1.29 is 4.74 Å². The molecule has 0 radical (unpaired) electrons. The van der Waals surface area contributed by atoms with Crippen LogP contribution in [0.5, 0.6) is 11.8 Å². The maximum absolute atomic E-state index is 5.41. The maximum atomic E-state index is 5.41. The summed E-state index contributed by atoms with van der Waals surface area (Å²) in [5.74, 6) is 0.713. The van der Waals surface area contributed by atoms with Gasteiger partial charge in [0, 0.05) is 16.9 Å². The summed E-state index contributed by atoms with van der Waals surface area (Å²) in [4.78, 5) is 7.91. The average Bonchev–Trinajstić information content (AvgIpc) is 2.19. The van der Waals surface area contributed by atoms with Crippen LogP contribution in [0.4, 0.5) is 0 Å². The van der Waals surface area contributed by atoms with Gasteiger partial charge < -0.3 is 4.74 Å². The summed E-state index contributed by atoms with van der Waals surface area (Å²) in [5.41, 5.74) is 0. The molecule has 1 aromatic carbocycles. The van der Waals surface area contributed by atoms with Crippen LogP contribution in [0.15, 0.2) is 47.2 Å². The molecule has 0 bridgehead atoms. The zero-order chi connectivity index (χ0) is 9.80. The fourth-order valence-electron chi connectivity index (χ4n) is 0.974. The zero-order valence-corrected chi connectivity index (χ0v) is 8.81. The highest BCUT2D eigenvalue weighted by molar-refractivity contribution is 9.10. The second kappa shape index (κ2) is 4.19. The van der Waals surface area contributed by atoms with E-state index in [9.17, 15) is 0 Å². The Morgan fingerprint density at radius 1 is 1.07 bits per heavy atom. The first-order valence-electron chi connectivity index (χ1n) is 4.05. The highest BCUT2D eigenvalue weighted by atomic mass is 79.9. The van der Waals surface area contributed by atoms with Crippen LogP contribution >= 0.6 is 15.9 Å². The van der Waals surface area contributed by atoms with Gasteiger partial charge in [0.15, 0.2) is 0 Å². The van der Waals surface area contributed by atoms with Gasteiger partial charge in [0.05, 0.1) is 0 Å². The molecule has 0 amide bonds. The second-order valence-electron chi connectivity index (χ2n) is 2.59. The van der Waals surface area contributed by atoms with Gasteiger partial charge >= 0.3 is 6.01 Å². The molecule has 1 aromatic heterocycles. The molecule has 2 rings (SSSR count). The molecule has 0 aliphatic rings. The van der Waals surface area contributed by atoms with Crippen LogP contribution in [-0.2, 0) is 0 Å². The number of nitrogens with zero attached hydrogens (tertiary/aromatic N) is 2. The van der Waals surface area contributed by atoms with Gasteiger partial charge in [-0.3, -0.25) is 0 Å². The predicted octanol–water partition coefficient (Wildman–Crippen LogP) is 3.03. The van der Waals surface area contributed by atoms with E-state index in [2.05, 4.69) is 25.9 Å². The van der Waals surface area contributed by atoms with Crippen LogP contribution in [0.3, 0.4) is 0 Å². The first-order chi connectivity index (χ1) is 6.84. The molecule has 0 saturated heterocycles. The van der Waals surface area contributed by atoms with E-state index in [-0.39, 0.29) is 0 Å². The standard InChI is InChI=1S/C10H7BrN2O/c11-8-3-1-4-9(7-8)14-10-12-5-2-6-13-10/h1-7H. The number of benzene rings is 1. The molecule has 4 heteroatoms. The Morgan fingerprint density at radius 3 is 2.57 bits per heavy atom. The first-order valence-corrected chi connectivity index (χ1v) is 4.84. The number of halogens is 1. The molecule has 0 aliphatic heterocycles. The van der Waals surface area contributed by atoms with E-state index >= 15 is 0 Å². The molecule has 2 aromatic rings. The van der Waals surface area contributed by atoms with Crippen LogP contribution in [0.25, 0.3) is 0 Å². The third-order valence-corrected chi connectivity index (χ3v) is 2.04. The molecule has 3 nitrogen and oxygen atoms in total. The Kier molecular flexibility index (Phi) is 2.74. The summed E-state index contributed by atoms with van der Waals surface area (Å²) in [7, 11) is 0. The van der Waals surface area contributed by atoms with E-state index < -0.39 is 0 Å². The minimum atomic E-state index is 0.352. The van der Waals surface area contributed by atoms with Crippen LogP contribution in [-0.4, -0.2) is 9.97 Å². The van der Waals surface area contributed by atoms with Crippen molar-refractivity contribution in [3.05, 3.63) is 47.2 Å². The van der Waals surface area contributed by atoms with Crippen LogP contribution in [0.2, 0.25) is 0 Å². The van der Waals surface area contributed by atoms with Gasteiger partial charge in [-0.15, -0.1) is 0 Å². The van der Waals surface area contributed by atoms with Gasteiger partial charge in [-0.2, -0.15) is 0 Å². The molecule has 0 N–H and O–H groups in total. The van der Waals surface area contributed by atoms with Crippen LogP contribution in [0, 0.1) is 0 Å². The lowest BCUT2D eigenvalue weighted by Crippen LogP contribution is -1.89. The number of hydrogen-bond acceptors (Lipinski definition) is 3. The highest BCUT2D eigenvalue weighted by Gasteiger charge is 1.98. The molecule has 70 valence electrons. The van der Waals surface area contributed by atoms with Crippen molar-refractivity contribution in [1.29, 1.82) is 0 Å². The van der Waals surface area contributed by atoms with Crippen molar-refractivity contribution in [2.45, 2.75) is 0 Å². The summed E-state index contributed by atoms with van der Waals surface area (Å²) < 4.78 is 6.37. The van der Waals surface area contributed by atoms with E-state index in [0.29, 0.717) is 11.8 Å². The molecular formula is C10H7BrN2O. The molecule has 0 saturated carbocycles. The van der Waals surface area contributed by atoms with Crippen LogP contribution in [0.1, 0.15) is 0 Å². The van der Waals surface area contributed by atoms with E-state index in [1.54, 1.807) is 18.5 Å². The summed E-state index contributed by atoms with van der Waals surface area (Å²) >= 11 is 3.35. The van der Waals surface area contributed by atoms with Crippen molar-refractivity contribution >= 4 is 15.9 Å². The zero-order valence-electron chi connectivity index (χ0n) is 7.22. The van der Waals surface area contributed by atoms with E-state index in [4.69, 9.17) is 4.74 Å².